The zero-order valence-corrected chi connectivity index (χ0v) is 14.1. The molecule has 4 aromatic rings. The lowest BCUT2D eigenvalue weighted by Crippen LogP contribution is -2.28. The number of aromatic amines is 1. The molecular weight excluding hydrogens is 308 g/mol. The van der Waals surface area contributed by atoms with Crippen molar-refractivity contribution in [1.82, 2.24) is 10.3 Å². The number of para-hydroxylation sites is 1. The molecule has 0 fully saturated rings. The van der Waals surface area contributed by atoms with E-state index < -0.39 is 0 Å². The van der Waals surface area contributed by atoms with Crippen molar-refractivity contribution in [2.24, 2.45) is 0 Å². The first-order valence-corrected chi connectivity index (χ1v) is 8.54. The number of carbonyl (C=O) groups excluding carboxylic acids is 1. The minimum atomic E-state index is -0.0381. The van der Waals surface area contributed by atoms with Crippen molar-refractivity contribution in [3.8, 4) is 0 Å². The van der Waals surface area contributed by atoms with Crippen LogP contribution in [0.4, 0.5) is 0 Å². The van der Waals surface area contributed by atoms with Gasteiger partial charge < -0.3 is 10.3 Å². The van der Waals surface area contributed by atoms with Gasteiger partial charge in [0.25, 0.3) is 0 Å². The third-order valence-corrected chi connectivity index (χ3v) is 4.69. The molecule has 0 aliphatic carbocycles. The predicted molar refractivity (Wildman–Crippen MR) is 103 cm³/mol. The molecule has 0 aliphatic heterocycles. The van der Waals surface area contributed by atoms with Crippen LogP contribution < -0.4 is 5.32 Å². The van der Waals surface area contributed by atoms with Crippen LogP contribution in [0.2, 0.25) is 0 Å². The Labute approximate surface area is 146 Å². The summed E-state index contributed by atoms with van der Waals surface area (Å²) >= 11 is 0. The quantitative estimate of drug-likeness (QED) is 0.558. The molecule has 0 radical (unpaired) electrons. The molecule has 124 valence electrons. The van der Waals surface area contributed by atoms with Gasteiger partial charge in [0.1, 0.15) is 0 Å². The molecule has 1 heterocycles. The molecular formula is C22H20N2O. The van der Waals surface area contributed by atoms with Gasteiger partial charge in [-0.25, -0.2) is 0 Å². The highest BCUT2D eigenvalue weighted by molar-refractivity contribution is 5.90. The molecule has 1 amide bonds. The van der Waals surface area contributed by atoms with Crippen molar-refractivity contribution in [2.45, 2.75) is 19.4 Å². The summed E-state index contributed by atoms with van der Waals surface area (Å²) in [6.45, 7) is 2.04. The summed E-state index contributed by atoms with van der Waals surface area (Å²) in [5, 5.41) is 6.62. The second-order valence-corrected chi connectivity index (χ2v) is 6.39. The van der Waals surface area contributed by atoms with Crippen LogP contribution in [0, 0.1) is 0 Å². The van der Waals surface area contributed by atoms with Gasteiger partial charge in [0, 0.05) is 17.1 Å². The van der Waals surface area contributed by atoms with E-state index in [4.69, 9.17) is 0 Å². The van der Waals surface area contributed by atoms with Gasteiger partial charge in [0.05, 0.1) is 12.5 Å². The van der Waals surface area contributed by atoms with Crippen LogP contribution in [0.5, 0.6) is 0 Å². The smallest absolute Gasteiger partial charge is 0.224 e. The van der Waals surface area contributed by atoms with Gasteiger partial charge in [0.15, 0.2) is 0 Å². The fourth-order valence-electron chi connectivity index (χ4n) is 3.45. The lowest BCUT2D eigenvalue weighted by atomic mass is 9.99. The Morgan fingerprint density at radius 3 is 2.56 bits per heavy atom. The third kappa shape index (κ3) is 3.01. The van der Waals surface area contributed by atoms with Crippen molar-refractivity contribution in [2.75, 3.05) is 0 Å². The highest BCUT2D eigenvalue weighted by atomic mass is 16.1. The van der Waals surface area contributed by atoms with Crippen LogP contribution in [-0.4, -0.2) is 10.9 Å². The summed E-state index contributed by atoms with van der Waals surface area (Å²) < 4.78 is 0. The van der Waals surface area contributed by atoms with Gasteiger partial charge in [-0.15, -0.1) is 0 Å². The van der Waals surface area contributed by atoms with Crippen molar-refractivity contribution in [1.29, 1.82) is 0 Å². The Bertz CT molecular complexity index is 1040. The van der Waals surface area contributed by atoms with Crippen LogP contribution >= 0.6 is 0 Å². The highest BCUT2D eigenvalue weighted by Gasteiger charge is 2.14. The number of carbonyl (C=O) groups is 1. The number of amides is 1. The average molecular weight is 328 g/mol. The molecule has 3 heteroatoms. The Kier molecular flexibility index (Phi) is 3.98. The highest BCUT2D eigenvalue weighted by Crippen LogP contribution is 2.24. The van der Waals surface area contributed by atoms with E-state index in [9.17, 15) is 4.79 Å². The fraction of sp³-hybridized carbons (Fsp3) is 0.136. The zero-order chi connectivity index (χ0) is 17.2. The monoisotopic (exact) mass is 328 g/mol. The number of benzene rings is 3. The minimum Gasteiger partial charge on any atom is -0.361 e. The maximum absolute atomic E-state index is 12.5. The number of nitrogens with one attached hydrogen (secondary N) is 2. The van der Waals surface area contributed by atoms with E-state index in [2.05, 4.69) is 34.6 Å². The molecule has 3 aromatic carbocycles. The van der Waals surface area contributed by atoms with Crippen LogP contribution in [0.3, 0.4) is 0 Å². The van der Waals surface area contributed by atoms with Crippen molar-refractivity contribution < 1.29 is 4.79 Å². The lowest BCUT2D eigenvalue weighted by Gasteiger charge is -2.16. The molecule has 0 bridgehead atoms. The number of fused-ring (bicyclic) bond motifs is 2. The second kappa shape index (κ2) is 6.44. The van der Waals surface area contributed by atoms with Gasteiger partial charge in [-0.2, -0.15) is 0 Å². The van der Waals surface area contributed by atoms with Gasteiger partial charge in [-0.1, -0.05) is 60.7 Å². The van der Waals surface area contributed by atoms with E-state index in [1.54, 1.807) is 0 Å². The van der Waals surface area contributed by atoms with Crippen molar-refractivity contribution >= 4 is 27.6 Å². The van der Waals surface area contributed by atoms with Gasteiger partial charge in [-0.05, 0) is 34.9 Å². The molecule has 1 unspecified atom stereocenters. The summed E-state index contributed by atoms with van der Waals surface area (Å²) in [6, 6.07) is 22.5. The molecule has 0 saturated heterocycles. The zero-order valence-electron chi connectivity index (χ0n) is 14.1. The topological polar surface area (TPSA) is 44.9 Å². The first-order chi connectivity index (χ1) is 12.2. The predicted octanol–water partition coefficient (Wildman–Crippen LogP) is 4.74. The fourth-order valence-corrected chi connectivity index (χ4v) is 3.45. The van der Waals surface area contributed by atoms with E-state index in [-0.39, 0.29) is 11.9 Å². The van der Waals surface area contributed by atoms with Crippen molar-refractivity contribution in [3.05, 3.63) is 84.1 Å². The average Bonchev–Trinajstić information content (AvgIpc) is 3.04. The van der Waals surface area contributed by atoms with Crippen LogP contribution in [0.1, 0.15) is 24.1 Å². The lowest BCUT2D eigenvalue weighted by molar-refractivity contribution is -0.121. The summed E-state index contributed by atoms with van der Waals surface area (Å²) in [5.74, 6) is 0.0326. The molecule has 3 nitrogen and oxygen atoms in total. The maximum Gasteiger partial charge on any atom is 0.224 e. The SMILES string of the molecule is CC(NC(=O)Cc1c[nH]c2ccccc12)c1cccc2ccccc12. The van der Waals surface area contributed by atoms with Crippen LogP contribution in [-0.2, 0) is 11.2 Å². The first-order valence-electron chi connectivity index (χ1n) is 8.54. The largest absolute Gasteiger partial charge is 0.361 e. The summed E-state index contributed by atoms with van der Waals surface area (Å²) in [6.07, 6.45) is 2.30. The Morgan fingerprint density at radius 2 is 1.68 bits per heavy atom. The summed E-state index contributed by atoms with van der Waals surface area (Å²) in [7, 11) is 0. The molecule has 0 spiro atoms. The van der Waals surface area contributed by atoms with E-state index >= 15 is 0 Å². The number of hydrogen-bond donors (Lipinski definition) is 2. The van der Waals surface area contributed by atoms with Gasteiger partial charge >= 0.3 is 0 Å². The molecule has 4 rings (SSSR count). The Balaban J connectivity index is 1.54. The number of hydrogen-bond acceptors (Lipinski definition) is 1. The summed E-state index contributed by atoms with van der Waals surface area (Å²) in [5.41, 5.74) is 3.23. The van der Waals surface area contributed by atoms with E-state index in [1.165, 1.54) is 10.8 Å². The molecule has 1 atom stereocenters. The van der Waals surface area contributed by atoms with Crippen molar-refractivity contribution in [3.63, 3.8) is 0 Å². The molecule has 2 N–H and O–H groups in total. The number of rotatable bonds is 4. The van der Waals surface area contributed by atoms with Gasteiger partial charge in [0.2, 0.25) is 5.91 Å². The molecule has 0 aliphatic rings. The van der Waals surface area contributed by atoms with Crippen LogP contribution in [0.15, 0.2) is 72.9 Å². The normalized spacial score (nSPS) is 12.4. The Hall–Kier alpha value is -3.07. The summed E-state index contributed by atoms with van der Waals surface area (Å²) in [4.78, 5) is 15.8. The van der Waals surface area contributed by atoms with E-state index in [0.717, 1.165) is 22.0 Å². The van der Waals surface area contributed by atoms with E-state index in [1.807, 2.05) is 55.6 Å². The molecule has 25 heavy (non-hydrogen) atoms. The third-order valence-electron chi connectivity index (χ3n) is 4.69. The number of H-pyrrole nitrogens is 1. The standard InChI is InChI=1S/C22H20N2O/c1-15(18-11-6-8-16-7-2-3-9-19(16)18)24-22(25)13-17-14-23-21-12-5-4-10-20(17)21/h2-12,14-15,23H,13H2,1H3,(H,24,25). The van der Waals surface area contributed by atoms with Crippen LogP contribution in [0.25, 0.3) is 21.7 Å². The Morgan fingerprint density at radius 1 is 0.960 bits per heavy atom. The minimum absolute atomic E-state index is 0.0326. The number of aromatic nitrogens is 1. The maximum atomic E-state index is 12.5. The first kappa shape index (κ1) is 15.5. The van der Waals surface area contributed by atoms with E-state index in [0.29, 0.717) is 6.42 Å². The molecule has 1 aromatic heterocycles. The molecule has 0 saturated carbocycles. The van der Waals surface area contributed by atoms with Gasteiger partial charge in [-0.3, -0.25) is 4.79 Å². The second-order valence-electron chi connectivity index (χ2n) is 6.39.